The van der Waals surface area contributed by atoms with Gasteiger partial charge in [-0.1, -0.05) is 6.92 Å². The van der Waals surface area contributed by atoms with E-state index in [0.29, 0.717) is 0 Å². The van der Waals surface area contributed by atoms with E-state index < -0.39 is 0 Å². The van der Waals surface area contributed by atoms with E-state index >= 15 is 0 Å². The predicted molar refractivity (Wildman–Crippen MR) is 54.9 cm³/mol. The molecule has 1 aliphatic heterocycles. The topological polar surface area (TPSA) is 55.6 Å². The second-order valence-electron chi connectivity index (χ2n) is 3.68. The fourth-order valence-corrected chi connectivity index (χ4v) is 1.71. The summed E-state index contributed by atoms with van der Waals surface area (Å²) in [5.74, 6) is 0.0369. The Labute approximate surface area is 85.4 Å². The average Bonchev–Trinajstić information content (AvgIpc) is 2.25. The number of nitrogens with two attached hydrogens (primary N) is 1. The molecule has 0 aromatic rings. The van der Waals surface area contributed by atoms with E-state index in [-0.39, 0.29) is 18.6 Å². The second kappa shape index (κ2) is 5.98. The van der Waals surface area contributed by atoms with Crippen molar-refractivity contribution in [2.24, 2.45) is 5.73 Å². The van der Waals surface area contributed by atoms with E-state index in [1.165, 1.54) is 0 Å². The fourth-order valence-electron chi connectivity index (χ4n) is 1.71. The van der Waals surface area contributed by atoms with Gasteiger partial charge in [-0.25, -0.2) is 0 Å². The number of hydrogen-bond donors (Lipinski definition) is 1. The van der Waals surface area contributed by atoms with Gasteiger partial charge >= 0.3 is 0 Å². The lowest BCUT2D eigenvalue weighted by Gasteiger charge is -2.32. The first-order valence-corrected chi connectivity index (χ1v) is 5.37. The number of ether oxygens (including phenoxy) is 1. The molecule has 0 saturated carbocycles. The predicted octanol–water partition coefficient (Wildman–Crippen LogP) is 0.363. The first kappa shape index (κ1) is 11.5. The maximum absolute atomic E-state index is 11.3. The van der Waals surface area contributed by atoms with Gasteiger partial charge in [0.05, 0.1) is 12.6 Å². The highest BCUT2D eigenvalue weighted by Gasteiger charge is 2.22. The smallest absolute Gasteiger partial charge is 0.236 e. The molecule has 1 unspecified atom stereocenters. The molecule has 0 bridgehead atoms. The largest absolute Gasteiger partial charge is 0.376 e. The summed E-state index contributed by atoms with van der Waals surface area (Å²) in [6, 6.07) is 0. The van der Waals surface area contributed by atoms with Crippen molar-refractivity contribution in [3.05, 3.63) is 0 Å². The third-order valence-corrected chi connectivity index (χ3v) is 2.46. The summed E-state index contributed by atoms with van der Waals surface area (Å²) >= 11 is 0. The highest BCUT2D eigenvalue weighted by molar-refractivity contribution is 5.78. The number of rotatable bonds is 4. The molecule has 0 radical (unpaired) electrons. The molecule has 1 saturated heterocycles. The molecule has 1 fully saturated rings. The standard InChI is InChI=1S/C10H20N2O2/c1-2-6-14-9-4-3-5-12(8-9)10(13)7-11/h9H,2-8,11H2,1H3. The second-order valence-corrected chi connectivity index (χ2v) is 3.68. The Morgan fingerprint density at radius 2 is 2.43 bits per heavy atom. The molecule has 14 heavy (non-hydrogen) atoms. The van der Waals surface area contributed by atoms with Crippen LogP contribution in [0.2, 0.25) is 0 Å². The van der Waals surface area contributed by atoms with Gasteiger partial charge in [0.25, 0.3) is 0 Å². The zero-order valence-corrected chi connectivity index (χ0v) is 8.87. The zero-order valence-electron chi connectivity index (χ0n) is 8.87. The summed E-state index contributed by atoms with van der Waals surface area (Å²) in [7, 11) is 0. The van der Waals surface area contributed by atoms with E-state index in [9.17, 15) is 4.79 Å². The number of carbonyl (C=O) groups excluding carboxylic acids is 1. The molecule has 0 aromatic heterocycles. The zero-order chi connectivity index (χ0) is 10.4. The van der Waals surface area contributed by atoms with Crippen LogP contribution in [-0.4, -0.2) is 43.2 Å². The summed E-state index contributed by atoms with van der Waals surface area (Å²) in [6.07, 6.45) is 3.34. The van der Waals surface area contributed by atoms with Crippen LogP contribution in [0.5, 0.6) is 0 Å². The minimum absolute atomic E-state index is 0.0369. The Morgan fingerprint density at radius 3 is 3.07 bits per heavy atom. The first-order valence-electron chi connectivity index (χ1n) is 5.37. The SMILES string of the molecule is CCCOC1CCCN(C(=O)CN)C1. The monoisotopic (exact) mass is 200 g/mol. The van der Waals surface area contributed by atoms with Crippen molar-refractivity contribution >= 4 is 5.91 Å². The van der Waals surface area contributed by atoms with Crippen molar-refractivity contribution in [2.45, 2.75) is 32.3 Å². The molecule has 4 nitrogen and oxygen atoms in total. The molecule has 0 aliphatic carbocycles. The van der Waals surface area contributed by atoms with Gasteiger partial charge in [-0.05, 0) is 19.3 Å². The van der Waals surface area contributed by atoms with Crippen molar-refractivity contribution in [2.75, 3.05) is 26.2 Å². The molecule has 4 heteroatoms. The van der Waals surface area contributed by atoms with Gasteiger partial charge in [-0.2, -0.15) is 0 Å². The van der Waals surface area contributed by atoms with E-state index in [1.807, 2.05) is 4.90 Å². The third kappa shape index (κ3) is 3.27. The Bertz CT molecular complexity index is 185. The van der Waals surface area contributed by atoms with Crippen LogP contribution in [0.3, 0.4) is 0 Å². The van der Waals surface area contributed by atoms with Crippen molar-refractivity contribution in [3.8, 4) is 0 Å². The van der Waals surface area contributed by atoms with Gasteiger partial charge in [0, 0.05) is 19.7 Å². The van der Waals surface area contributed by atoms with Gasteiger partial charge in [-0.3, -0.25) is 4.79 Å². The normalized spacial score (nSPS) is 22.4. The minimum Gasteiger partial charge on any atom is -0.376 e. The lowest BCUT2D eigenvalue weighted by atomic mass is 10.1. The maximum atomic E-state index is 11.3. The van der Waals surface area contributed by atoms with Crippen LogP contribution < -0.4 is 5.73 Å². The molecule has 0 spiro atoms. The van der Waals surface area contributed by atoms with Crippen LogP contribution >= 0.6 is 0 Å². The summed E-state index contributed by atoms with van der Waals surface area (Å²) in [5, 5.41) is 0. The summed E-state index contributed by atoms with van der Waals surface area (Å²) in [6.45, 7) is 4.54. The number of piperidine rings is 1. The van der Waals surface area contributed by atoms with Crippen molar-refractivity contribution < 1.29 is 9.53 Å². The van der Waals surface area contributed by atoms with Gasteiger partial charge in [-0.15, -0.1) is 0 Å². The molecule has 0 aromatic carbocycles. The summed E-state index contributed by atoms with van der Waals surface area (Å²) in [4.78, 5) is 13.1. The molecule has 1 heterocycles. The molecular weight excluding hydrogens is 180 g/mol. The molecule has 1 atom stereocenters. The van der Waals surface area contributed by atoms with E-state index in [4.69, 9.17) is 10.5 Å². The van der Waals surface area contributed by atoms with E-state index in [1.54, 1.807) is 0 Å². The highest BCUT2D eigenvalue weighted by Crippen LogP contribution is 2.13. The molecule has 1 aliphatic rings. The fraction of sp³-hybridized carbons (Fsp3) is 0.900. The molecule has 82 valence electrons. The van der Waals surface area contributed by atoms with E-state index in [0.717, 1.165) is 39.0 Å². The Balaban J connectivity index is 2.31. The van der Waals surface area contributed by atoms with Gasteiger partial charge < -0.3 is 15.4 Å². The Hall–Kier alpha value is -0.610. The number of hydrogen-bond acceptors (Lipinski definition) is 3. The lowest BCUT2D eigenvalue weighted by molar-refractivity contribution is -0.133. The molecular formula is C10H20N2O2. The van der Waals surface area contributed by atoms with Gasteiger partial charge in [0.1, 0.15) is 0 Å². The van der Waals surface area contributed by atoms with Crippen molar-refractivity contribution in [3.63, 3.8) is 0 Å². The van der Waals surface area contributed by atoms with Gasteiger partial charge in [0.2, 0.25) is 5.91 Å². The number of likely N-dealkylation sites (tertiary alicyclic amines) is 1. The lowest BCUT2D eigenvalue weighted by Crippen LogP contribution is -2.45. The van der Waals surface area contributed by atoms with Crippen LogP contribution in [0.15, 0.2) is 0 Å². The molecule has 1 rings (SSSR count). The first-order chi connectivity index (χ1) is 6.77. The van der Waals surface area contributed by atoms with Crippen LogP contribution in [0.4, 0.5) is 0 Å². The summed E-state index contributed by atoms with van der Waals surface area (Å²) < 4.78 is 5.62. The molecule has 1 amide bonds. The number of nitrogens with zero attached hydrogens (tertiary/aromatic N) is 1. The van der Waals surface area contributed by atoms with Crippen molar-refractivity contribution in [1.82, 2.24) is 4.90 Å². The van der Waals surface area contributed by atoms with Crippen molar-refractivity contribution in [1.29, 1.82) is 0 Å². The molecule has 2 N–H and O–H groups in total. The number of carbonyl (C=O) groups is 1. The maximum Gasteiger partial charge on any atom is 0.236 e. The average molecular weight is 200 g/mol. The number of amides is 1. The summed E-state index contributed by atoms with van der Waals surface area (Å²) in [5.41, 5.74) is 5.32. The van der Waals surface area contributed by atoms with Crippen LogP contribution in [-0.2, 0) is 9.53 Å². The van der Waals surface area contributed by atoms with Gasteiger partial charge in [0.15, 0.2) is 0 Å². The van der Waals surface area contributed by atoms with Crippen LogP contribution in [0, 0.1) is 0 Å². The Kier molecular flexibility index (Phi) is 4.90. The minimum atomic E-state index is 0.0369. The Morgan fingerprint density at radius 1 is 1.64 bits per heavy atom. The quantitative estimate of drug-likeness (QED) is 0.713. The van der Waals surface area contributed by atoms with E-state index in [2.05, 4.69) is 6.92 Å². The van der Waals surface area contributed by atoms with Crippen LogP contribution in [0.1, 0.15) is 26.2 Å². The third-order valence-electron chi connectivity index (χ3n) is 2.46. The highest BCUT2D eigenvalue weighted by atomic mass is 16.5. The van der Waals surface area contributed by atoms with Crippen LogP contribution in [0.25, 0.3) is 0 Å².